The first-order valence-electron chi connectivity index (χ1n) is 33.5. The normalized spacial score (nSPS) is 17.0. The van der Waals surface area contributed by atoms with Crippen LogP contribution in [0.5, 0.6) is 5.75 Å². The highest BCUT2D eigenvalue weighted by molar-refractivity contribution is 8.03. The first kappa shape index (κ1) is 69.9. The number of nitriles is 1. The summed E-state index contributed by atoms with van der Waals surface area (Å²) in [4.78, 5) is 9.96. The second kappa shape index (κ2) is 30.4. The van der Waals surface area contributed by atoms with Crippen molar-refractivity contribution in [3.05, 3.63) is 310 Å². The second-order valence-electron chi connectivity index (χ2n) is 27.8. The van der Waals surface area contributed by atoms with Gasteiger partial charge in [-0.2, -0.15) is 5.26 Å². The van der Waals surface area contributed by atoms with Crippen molar-refractivity contribution in [2.24, 2.45) is 5.41 Å². The lowest BCUT2D eigenvalue weighted by Gasteiger charge is -2.43. The molecule has 11 heteroatoms. The molecular weight excluding hydrogens is 1230 g/mol. The van der Waals surface area contributed by atoms with Gasteiger partial charge in [0.2, 0.25) is 5.70 Å². The molecule has 0 aromatic heterocycles. The summed E-state index contributed by atoms with van der Waals surface area (Å²) >= 11 is 1.87. The predicted octanol–water partition coefficient (Wildman–Crippen LogP) is 19.4. The van der Waals surface area contributed by atoms with Gasteiger partial charge in [-0.15, -0.1) is 11.8 Å². The summed E-state index contributed by atoms with van der Waals surface area (Å²) in [6.45, 7) is 35.7. The summed E-state index contributed by atoms with van der Waals surface area (Å²) in [6.07, 6.45) is 12.7. The number of anilines is 4. The lowest BCUT2D eigenvalue weighted by atomic mass is 9.74. The van der Waals surface area contributed by atoms with Gasteiger partial charge >= 0.3 is 0 Å². The zero-order chi connectivity index (χ0) is 68.1. The third-order valence-corrected chi connectivity index (χ3v) is 30.0. The van der Waals surface area contributed by atoms with Crippen LogP contribution in [0.25, 0.3) is 10.9 Å². The van der Waals surface area contributed by atoms with Crippen molar-refractivity contribution in [1.82, 2.24) is 0 Å². The average Bonchev–Trinajstić information content (AvgIpc) is 0.806. The topological polar surface area (TPSA) is 71.6 Å². The Morgan fingerprint density at radius 2 is 1.07 bits per heavy atom. The quantitative estimate of drug-likeness (QED) is 0.0256. The number of rotatable bonds is 24. The van der Waals surface area contributed by atoms with Crippen molar-refractivity contribution in [3.8, 4) is 11.8 Å². The number of hydrogen-bond acceptors (Lipinski definition) is 8. The zero-order valence-electron chi connectivity index (χ0n) is 58.0. The highest BCUT2D eigenvalue weighted by atomic mass is 32.2. The zero-order valence-corrected chi connectivity index (χ0v) is 60.8. The van der Waals surface area contributed by atoms with E-state index in [0.717, 1.165) is 76.9 Å². The van der Waals surface area contributed by atoms with Crippen LogP contribution in [0.3, 0.4) is 0 Å². The molecule has 0 bridgehead atoms. The maximum Gasteiger partial charge on any atom is 0.261 e. The fourth-order valence-corrected chi connectivity index (χ4v) is 24.3. The molecule has 1 unspecified atom stereocenters. The maximum atomic E-state index is 10.1. The van der Waals surface area contributed by atoms with Gasteiger partial charge < -0.3 is 28.1 Å². The summed E-state index contributed by atoms with van der Waals surface area (Å²) in [5, 5.41) is 14.9. The van der Waals surface area contributed by atoms with E-state index in [-0.39, 0.29) is 15.5 Å². The van der Waals surface area contributed by atoms with Gasteiger partial charge in [-0.3, -0.25) is 0 Å². The van der Waals surface area contributed by atoms with Crippen LogP contribution in [0.2, 0.25) is 10.1 Å². The smallest absolute Gasteiger partial charge is 0.261 e. The summed E-state index contributed by atoms with van der Waals surface area (Å²) in [5.41, 5.74) is 9.07. The third-order valence-electron chi connectivity index (χ3n) is 18.7. The summed E-state index contributed by atoms with van der Waals surface area (Å²) in [7, 11) is -3.81. The number of benzene rings is 8. The van der Waals surface area contributed by atoms with Gasteiger partial charge in [0.1, 0.15) is 17.1 Å². The maximum absolute atomic E-state index is 10.1. The van der Waals surface area contributed by atoms with Crippen molar-refractivity contribution in [3.63, 3.8) is 0 Å². The Morgan fingerprint density at radius 3 is 1.53 bits per heavy atom. The predicted molar refractivity (Wildman–Crippen MR) is 408 cm³/mol. The monoisotopic (exact) mass is 1320 g/mol. The van der Waals surface area contributed by atoms with Crippen LogP contribution in [0.15, 0.2) is 287 Å². The molecule has 1 aliphatic heterocycles. The summed E-state index contributed by atoms with van der Waals surface area (Å²) in [5.74, 6) is 1.86. The number of ether oxygens (including phenoxy) is 2. The van der Waals surface area contributed by atoms with Crippen molar-refractivity contribution >= 4 is 78.0 Å². The van der Waals surface area contributed by atoms with Crippen LogP contribution < -0.4 is 35.3 Å². The van der Waals surface area contributed by atoms with Crippen LogP contribution in [0.4, 0.5) is 22.7 Å². The number of methoxy groups -OCH3 is 1. The molecule has 1 heterocycles. The van der Waals surface area contributed by atoms with E-state index in [9.17, 15) is 5.26 Å². The van der Waals surface area contributed by atoms with Crippen LogP contribution in [-0.4, -0.2) is 55.8 Å². The Balaban J connectivity index is 0.972. The molecule has 0 radical (unpaired) electrons. The molecule has 0 spiro atoms. The molecule has 2 aliphatic rings. The Hall–Kier alpha value is -8.92. The molecule has 8 nitrogen and oxygen atoms in total. The summed E-state index contributed by atoms with van der Waals surface area (Å²) in [6, 6.07) is 81.8. The fourth-order valence-electron chi connectivity index (χ4n) is 14.0. The van der Waals surface area contributed by atoms with E-state index >= 15 is 0 Å². The van der Waals surface area contributed by atoms with Crippen LogP contribution in [0.1, 0.15) is 100 Å². The molecule has 0 fully saturated rings. The van der Waals surface area contributed by atoms with Crippen LogP contribution >= 0.6 is 11.8 Å². The van der Waals surface area contributed by atoms with E-state index in [1.165, 1.54) is 36.8 Å². The summed E-state index contributed by atoms with van der Waals surface area (Å²) < 4.78 is 27.2. The van der Waals surface area contributed by atoms with E-state index in [4.69, 9.17) is 24.9 Å². The third kappa shape index (κ3) is 15.0. The van der Waals surface area contributed by atoms with Crippen molar-refractivity contribution in [2.75, 3.05) is 49.0 Å². The van der Waals surface area contributed by atoms with Gasteiger partial charge in [0.15, 0.2) is 0 Å². The first-order chi connectivity index (χ1) is 46.2. The van der Waals surface area contributed by atoms with Crippen molar-refractivity contribution in [1.29, 1.82) is 5.26 Å². The lowest BCUT2D eigenvalue weighted by molar-refractivity contribution is 0.0749. The molecule has 0 saturated heterocycles. The Labute approximate surface area is 578 Å². The fraction of sp³-hybridized carbons (Fsp3) is 0.271. The minimum absolute atomic E-state index is 0.0742. The molecule has 1 aliphatic carbocycles. The molecule has 10 rings (SSSR count). The van der Waals surface area contributed by atoms with Gasteiger partial charge in [-0.05, 0) is 153 Å². The largest absolute Gasteiger partial charge is 0.497 e. The Kier molecular flexibility index (Phi) is 22.2. The van der Waals surface area contributed by atoms with Gasteiger partial charge in [-0.25, -0.2) is 4.85 Å². The standard InChI is InChI=1S/C85H92N4O4SSi2/c1-14-88(57-58-91-95(82(3,4)5,74-34-22-16-23-35-74)75-36-24-17-25-37-75)69-49-51-71(52-50-69)89(72-53-55-73(90-13)56-54-72)70-47-44-65(45-48-70)43-46-67-62-84(9,10)61-66(31-30-42-78-79(87-12)80(64(2)63-86)93-85(78,11)68-32-20-15-21-33-68)81(67)94-60-59-92-96(83(6,7)8,76-38-26-18-27-39-76)77-40-28-19-29-41-77/h15-56H,14,57-62H2,1-11,13H3/b42-30+,46-43+,66-31+,80-64+. The van der Waals surface area contributed by atoms with E-state index < -0.39 is 22.2 Å². The second-order valence-corrected chi connectivity index (χ2v) is 37.5. The van der Waals surface area contributed by atoms with Crippen LogP contribution in [-0.2, 0) is 19.2 Å². The highest BCUT2D eigenvalue weighted by Crippen LogP contribution is 2.50. The number of nitrogens with zero attached hydrogens (tertiary/aromatic N) is 4. The molecule has 8 aromatic rings. The molecule has 8 aromatic carbocycles. The number of thioether (sulfide) groups is 1. The number of allylic oxidation sites excluding steroid dienone is 6. The Bertz CT molecular complexity index is 4140. The van der Waals surface area contributed by atoms with E-state index in [1.807, 2.05) is 67.2 Å². The lowest BCUT2D eigenvalue weighted by Crippen LogP contribution is -2.67. The van der Waals surface area contributed by atoms with E-state index in [1.54, 1.807) is 14.0 Å². The first-order valence-corrected chi connectivity index (χ1v) is 38.3. The molecular formula is C85H92N4O4SSi2. The average molecular weight is 1320 g/mol. The van der Waals surface area contributed by atoms with Gasteiger partial charge in [0.05, 0.1) is 31.9 Å². The molecule has 0 saturated carbocycles. The van der Waals surface area contributed by atoms with Crippen molar-refractivity contribution in [2.45, 2.75) is 105 Å². The number of hydrogen-bond donors (Lipinski definition) is 0. The van der Waals surface area contributed by atoms with Crippen LogP contribution in [0, 0.1) is 23.3 Å². The van der Waals surface area contributed by atoms with Gasteiger partial charge in [-0.1, -0.05) is 250 Å². The molecule has 490 valence electrons. The molecule has 0 N–H and O–H groups in total. The molecule has 1 atom stereocenters. The minimum Gasteiger partial charge on any atom is -0.497 e. The van der Waals surface area contributed by atoms with Gasteiger partial charge in [0.25, 0.3) is 16.6 Å². The molecule has 96 heavy (non-hydrogen) atoms. The van der Waals surface area contributed by atoms with E-state index in [2.05, 4.69) is 289 Å². The molecule has 0 amide bonds. The van der Waals surface area contributed by atoms with Crippen molar-refractivity contribution < 1.29 is 18.3 Å². The highest BCUT2D eigenvalue weighted by Gasteiger charge is 2.51. The number of likely N-dealkylation sites (N-methyl/N-ethyl adjacent to an activating group) is 1. The minimum atomic E-state index is -2.81. The van der Waals surface area contributed by atoms with Gasteiger partial charge in [0, 0.05) is 58.7 Å². The SMILES string of the molecule is [C-]#[N+]C1=C(/C=C/C=C2\CC(C)(C)CC(/C=C/c3ccc(N(c4ccc(OC)cc4)c4ccc(N(CC)CCO[Si](c5ccccc5)(c5ccccc5)C(C)(C)C)cc4)cc3)=C2SCCO[Si](c2ccccc2)(c2ccccc2)C(C)(C)C)C(C)(c2ccccc2)O/C1=C(\C)C#N. The Morgan fingerprint density at radius 1 is 0.615 bits per heavy atom. The van der Waals surface area contributed by atoms with E-state index in [0.29, 0.717) is 30.2 Å².